The fourth-order valence-electron chi connectivity index (χ4n) is 1.38. The molecule has 0 saturated carbocycles. The van der Waals surface area contributed by atoms with Crippen molar-refractivity contribution in [2.45, 2.75) is 6.29 Å². The van der Waals surface area contributed by atoms with Crippen molar-refractivity contribution < 1.29 is 19.0 Å². The lowest BCUT2D eigenvalue weighted by Crippen LogP contribution is -2.09. The summed E-state index contributed by atoms with van der Waals surface area (Å²) in [6.45, 7) is 0. The summed E-state index contributed by atoms with van der Waals surface area (Å²) in [4.78, 5) is 11.4. The lowest BCUT2D eigenvalue weighted by molar-refractivity contribution is -0.0255. The minimum atomic E-state index is -0.555. The van der Waals surface area contributed by atoms with Gasteiger partial charge in [0.2, 0.25) is 0 Å². The molecule has 0 radical (unpaired) electrons. The predicted octanol–water partition coefficient (Wildman–Crippen LogP) is 1.99. The number of hydrogen-bond donors (Lipinski definition) is 0. The van der Waals surface area contributed by atoms with E-state index in [2.05, 4.69) is 4.74 Å². The van der Waals surface area contributed by atoms with Gasteiger partial charge in [-0.15, -0.1) is 0 Å². The third-order valence-electron chi connectivity index (χ3n) is 2.08. The van der Waals surface area contributed by atoms with E-state index >= 15 is 0 Å². The average molecular weight is 206 g/mol. The molecule has 15 heavy (non-hydrogen) atoms. The lowest BCUT2D eigenvalue weighted by atomic mass is 10.1. The normalized spacial score (nSPS) is 14.5. The molecule has 1 heterocycles. The van der Waals surface area contributed by atoms with Crippen LogP contribution in [0.25, 0.3) is 0 Å². The maximum absolute atomic E-state index is 11.4. The number of carbonyl (C=O) groups excluding carboxylic acids is 1. The van der Waals surface area contributed by atoms with Crippen molar-refractivity contribution in [3.63, 3.8) is 0 Å². The highest BCUT2D eigenvalue weighted by Crippen LogP contribution is 2.27. The molecule has 1 aromatic carbocycles. The van der Waals surface area contributed by atoms with Gasteiger partial charge in [-0.25, -0.2) is 4.79 Å². The molecule has 78 valence electrons. The zero-order valence-corrected chi connectivity index (χ0v) is 8.17. The molecule has 2 rings (SSSR count). The molecule has 0 atom stereocenters. The first-order chi connectivity index (χ1) is 7.33. The average Bonchev–Trinajstić information content (AvgIpc) is 2.81. The first-order valence-corrected chi connectivity index (χ1v) is 4.46. The third-order valence-corrected chi connectivity index (χ3v) is 2.08. The van der Waals surface area contributed by atoms with Gasteiger partial charge in [0.15, 0.2) is 0 Å². The van der Waals surface area contributed by atoms with E-state index in [0.29, 0.717) is 11.1 Å². The van der Waals surface area contributed by atoms with Gasteiger partial charge in [0, 0.05) is 5.56 Å². The van der Waals surface area contributed by atoms with Crippen molar-refractivity contribution in [3.05, 3.63) is 47.9 Å². The molecule has 0 saturated heterocycles. The Kier molecular flexibility index (Phi) is 2.58. The van der Waals surface area contributed by atoms with Gasteiger partial charge in [-0.05, 0) is 6.07 Å². The van der Waals surface area contributed by atoms with E-state index in [0.717, 1.165) is 0 Å². The van der Waals surface area contributed by atoms with Gasteiger partial charge in [0.05, 0.1) is 12.7 Å². The molecule has 0 N–H and O–H groups in total. The summed E-state index contributed by atoms with van der Waals surface area (Å²) in [5.74, 6) is -0.398. The fraction of sp³-hybridized carbons (Fsp3) is 0.182. The van der Waals surface area contributed by atoms with Crippen LogP contribution in [0.1, 0.15) is 22.2 Å². The Bertz CT molecular complexity index is 389. The largest absolute Gasteiger partial charge is 0.465 e. The van der Waals surface area contributed by atoms with Gasteiger partial charge in [-0.3, -0.25) is 0 Å². The Morgan fingerprint density at radius 3 is 2.60 bits per heavy atom. The van der Waals surface area contributed by atoms with Gasteiger partial charge in [-0.1, -0.05) is 18.2 Å². The number of rotatable bonds is 2. The highest BCUT2D eigenvalue weighted by molar-refractivity contribution is 5.91. The number of ether oxygens (including phenoxy) is 3. The fourth-order valence-corrected chi connectivity index (χ4v) is 1.38. The van der Waals surface area contributed by atoms with Crippen LogP contribution in [0.3, 0.4) is 0 Å². The molecule has 1 aliphatic rings. The van der Waals surface area contributed by atoms with Gasteiger partial charge in [-0.2, -0.15) is 0 Å². The Morgan fingerprint density at radius 1 is 1.27 bits per heavy atom. The highest BCUT2D eigenvalue weighted by Gasteiger charge is 2.22. The first-order valence-electron chi connectivity index (χ1n) is 4.46. The molecule has 0 aromatic heterocycles. The van der Waals surface area contributed by atoms with Crippen LogP contribution < -0.4 is 0 Å². The molecule has 0 bridgehead atoms. The van der Waals surface area contributed by atoms with Crippen molar-refractivity contribution in [3.8, 4) is 0 Å². The Balaban J connectivity index is 2.33. The van der Waals surface area contributed by atoms with Crippen LogP contribution >= 0.6 is 0 Å². The monoisotopic (exact) mass is 206 g/mol. The molecule has 4 heteroatoms. The predicted molar refractivity (Wildman–Crippen MR) is 51.8 cm³/mol. The SMILES string of the molecule is COC(=O)c1ccccc1C1OC=CO1. The maximum atomic E-state index is 11.4. The highest BCUT2D eigenvalue weighted by atomic mass is 16.7. The minimum absolute atomic E-state index is 0.398. The van der Waals surface area contributed by atoms with Gasteiger partial charge in [0.1, 0.15) is 12.5 Å². The standard InChI is InChI=1S/C11H10O4/c1-13-10(12)8-4-2-3-5-9(8)11-14-6-7-15-11/h2-7,11H,1H3. The summed E-state index contributed by atoms with van der Waals surface area (Å²) in [5.41, 5.74) is 1.11. The van der Waals surface area contributed by atoms with Crippen molar-refractivity contribution in [2.24, 2.45) is 0 Å². The van der Waals surface area contributed by atoms with Gasteiger partial charge >= 0.3 is 5.97 Å². The van der Waals surface area contributed by atoms with Crippen LogP contribution in [-0.2, 0) is 14.2 Å². The Labute approximate surface area is 87.1 Å². The number of esters is 1. The van der Waals surface area contributed by atoms with Gasteiger partial charge < -0.3 is 14.2 Å². The van der Waals surface area contributed by atoms with E-state index in [1.807, 2.05) is 6.07 Å². The minimum Gasteiger partial charge on any atom is -0.465 e. The number of hydrogen-bond acceptors (Lipinski definition) is 4. The van der Waals surface area contributed by atoms with Crippen LogP contribution in [-0.4, -0.2) is 13.1 Å². The Morgan fingerprint density at radius 2 is 1.93 bits per heavy atom. The van der Waals surface area contributed by atoms with Crippen LogP contribution in [0.5, 0.6) is 0 Å². The molecule has 0 fully saturated rings. The molecule has 1 aromatic rings. The van der Waals surface area contributed by atoms with E-state index in [1.54, 1.807) is 18.2 Å². The molecule has 0 aliphatic carbocycles. The van der Waals surface area contributed by atoms with Crippen LogP contribution in [0.4, 0.5) is 0 Å². The molecule has 0 unspecified atom stereocenters. The Hall–Kier alpha value is -1.97. The summed E-state index contributed by atoms with van der Waals surface area (Å²) in [6.07, 6.45) is 2.33. The van der Waals surface area contributed by atoms with Crippen LogP contribution in [0, 0.1) is 0 Å². The van der Waals surface area contributed by atoms with Crippen LogP contribution in [0.15, 0.2) is 36.8 Å². The smallest absolute Gasteiger partial charge is 0.338 e. The van der Waals surface area contributed by atoms with Crippen molar-refractivity contribution in [1.29, 1.82) is 0 Å². The van der Waals surface area contributed by atoms with Gasteiger partial charge in [0.25, 0.3) is 6.29 Å². The molecular formula is C11H10O4. The second kappa shape index (κ2) is 4.04. The van der Waals surface area contributed by atoms with E-state index in [9.17, 15) is 4.79 Å². The molecular weight excluding hydrogens is 196 g/mol. The second-order valence-corrected chi connectivity index (χ2v) is 2.96. The lowest BCUT2D eigenvalue weighted by Gasteiger charge is -2.13. The van der Waals surface area contributed by atoms with E-state index in [4.69, 9.17) is 9.47 Å². The molecule has 4 nitrogen and oxygen atoms in total. The first kappa shape index (κ1) is 9.58. The van der Waals surface area contributed by atoms with Crippen molar-refractivity contribution >= 4 is 5.97 Å². The molecule has 0 spiro atoms. The quantitative estimate of drug-likeness (QED) is 0.694. The zero-order chi connectivity index (χ0) is 10.7. The topological polar surface area (TPSA) is 44.8 Å². The summed E-state index contributed by atoms with van der Waals surface area (Å²) in [6, 6.07) is 7.01. The van der Waals surface area contributed by atoms with E-state index in [-0.39, 0.29) is 0 Å². The summed E-state index contributed by atoms with van der Waals surface area (Å²) in [7, 11) is 1.34. The van der Waals surface area contributed by atoms with Crippen molar-refractivity contribution in [1.82, 2.24) is 0 Å². The third kappa shape index (κ3) is 1.79. The maximum Gasteiger partial charge on any atom is 0.338 e. The summed E-state index contributed by atoms with van der Waals surface area (Å²) in [5, 5.41) is 0. The zero-order valence-electron chi connectivity index (χ0n) is 8.17. The number of methoxy groups -OCH3 is 1. The van der Waals surface area contributed by atoms with Crippen LogP contribution in [0.2, 0.25) is 0 Å². The molecule has 0 amide bonds. The van der Waals surface area contributed by atoms with E-state index in [1.165, 1.54) is 19.6 Å². The van der Waals surface area contributed by atoms with Crippen molar-refractivity contribution in [2.75, 3.05) is 7.11 Å². The molecule has 1 aliphatic heterocycles. The summed E-state index contributed by atoms with van der Waals surface area (Å²) < 4.78 is 15.0. The second-order valence-electron chi connectivity index (χ2n) is 2.96. The number of benzene rings is 1. The number of carbonyl (C=O) groups is 1. The summed E-state index contributed by atoms with van der Waals surface area (Å²) >= 11 is 0. The van der Waals surface area contributed by atoms with E-state index < -0.39 is 12.3 Å².